The average Bonchev–Trinajstić information content (AvgIpc) is 2.83. The number of methoxy groups -OCH3 is 1. The number of carbonyl (C=O) groups excluding carboxylic acids is 1. The molecular formula is C14H18N2O6S. The zero-order valence-electron chi connectivity index (χ0n) is 13.1. The summed E-state index contributed by atoms with van der Waals surface area (Å²) in [7, 11) is -2.44. The third-order valence-electron chi connectivity index (χ3n) is 3.50. The van der Waals surface area contributed by atoms with Crippen molar-refractivity contribution in [1.29, 1.82) is 0 Å². The quantitative estimate of drug-likeness (QED) is 0.720. The molecule has 9 heteroatoms. The molecule has 2 aromatic rings. The summed E-state index contributed by atoms with van der Waals surface area (Å²) in [6, 6.07) is 4.12. The van der Waals surface area contributed by atoms with E-state index in [-0.39, 0.29) is 17.0 Å². The minimum Gasteiger partial charge on any atom is -0.468 e. The van der Waals surface area contributed by atoms with Gasteiger partial charge in [0, 0.05) is 19.2 Å². The highest BCUT2D eigenvalue weighted by Gasteiger charge is 2.23. The molecule has 0 aliphatic rings. The fourth-order valence-electron chi connectivity index (χ4n) is 2.26. The Balaban J connectivity index is 2.53. The monoisotopic (exact) mass is 342 g/mol. The van der Waals surface area contributed by atoms with Gasteiger partial charge in [-0.05, 0) is 12.1 Å². The molecule has 1 aromatic carbocycles. The van der Waals surface area contributed by atoms with Gasteiger partial charge in [-0.15, -0.1) is 0 Å². The Kier molecular flexibility index (Phi) is 4.90. The van der Waals surface area contributed by atoms with Crippen LogP contribution in [-0.4, -0.2) is 43.5 Å². The highest BCUT2D eigenvalue weighted by atomic mass is 32.2. The Bertz CT molecular complexity index is 876. The molecule has 1 aromatic heterocycles. The molecule has 0 fully saturated rings. The Morgan fingerprint density at radius 3 is 2.52 bits per heavy atom. The van der Waals surface area contributed by atoms with Crippen LogP contribution in [0, 0.1) is 0 Å². The van der Waals surface area contributed by atoms with Crippen LogP contribution in [0.2, 0.25) is 0 Å². The van der Waals surface area contributed by atoms with Crippen LogP contribution in [0.25, 0.3) is 11.1 Å². The summed E-state index contributed by atoms with van der Waals surface area (Å²) < 4.78 is 36.9. The summed E-state index contributed by atoms with van der Waals surface area (Å²) in [6.45, 7) is 3.86. The van der Waals surface area contributed by atoms with Gasteiger partial charge in [-0.3, -0.25) is 9.36 Å². The molecule has 23 heavy (non-hydrogen) atoms. The van der Waals surface area contributed by atoms with Crippen LogP contribution < -0.4 is 5.76 Å². The van der Waals surface area contributed by atoms with Gasteiger partial charge in [0.2, 0.25) is 10.0 Å². The summed E-state index contributed by atoms with van der Waals surface area (Å²) in [4.78, 5) is 23.2. The number of fused-ring (bicyclic) bond motifs is 1. The molecule has 0 aliphatic carbocycles. The van der Waals surface area contributed by atoms with Crippen molar-refractivity contribution >= 4 is 27.1 Å². The van der Waals surface area contributed by atoms with E-state index in [0.29, 0.717) is 18.6 Å². The molecule has 126 valence electrons. The Labute approximate surface area is 133 Å². The third kappa shape index (κ3) is 3.15. The van der Waals surface area contributed by atoms with E-state index in [4.69, 9.17) is 4.42 Å². The summed E-state index contributed by atoms with van der Waals surface area (Å²) in [5, 5.41) is 0. The van der Waals surface area contributed by atoms with Crippen LogP contribution in [0.5, 0.6) is 0 Å². The molecular weight excluding hydrogens is 324 g/mol. The fraction of sp³-hybridized carbons (Fsp3) is 0.429. The van der Waals surface area contributed by atoms with Crippen molar-refractivity contribution in [2.45, 2.75) is 25.3 Å². The average molecular weight is 342 g/mol. The largest absolute Gasteiger partial charge is 0.468 e. The highest BCUT2D eigenvalue weighted by molar-refractivity contribution is 7.89. The lowest BCUT2D eigenvalue weighted by molar-refractivity contribution is -0.141. The van der Waals surface area contributed by atoms with Gasteiger partial charge in [-0.25, -0.2) is 13.2 Å². The van der Waals surface area contributed by atoms with Gasteiger partial charge in [0.05, 0.1) is 17.5 Å². The highest BCUT2D eigenvalue weighted by Crippen LogP contribution is 2.21. The van der Waals surface area contributed by atoms with Crippen molar-refractivity contribution < 1.29 is 22.4 Å². The molecule has 0 bridgehead atoms. The maximum Gasteiger partial charge on any atom is 0.420 e. The number of rotatable bonds is 6. The lowest BCUT2D eigenvalue weighted by atomic mass is 10.3. The van der Waals surface area contributed by atoms with Crippen molar-refractivity contribution in [2.24, 2.45) is 0 Å². The van der Waals surface area contributed by atoms with Crippen LogP contribution in [-0.2, 0) is 26.1 Å². The number of sulfonamides is 1. The predicted octanol–water partition coefficient (Wildman–Crippen LogP) is 0.798. The van der Waals surface area contributed by atoms with Gasteiger partial charge in [0.25, 0.3) is 0 Å². The van der Waals surface area contributed by atoms with Crippen molar-refractivity contribution in [3.63, 3.8) is 0 Å². The summed E-state index contributed by atoms with van der Waals surface area (Å²) >= 11 is 0. The molecule has 0 unspecified atom stereocenters. The van der Waals surface area contributed by atoms with Crippen LogP contribution in [0.4, 0.5) is 0 Å². The standard InChI is InChI=1S/C14H18N2O6S/c1-4-15(5-2)23(19,20)10-6-7-11-12(8-10)22-14(18)16(11)9-13(17)21-3/h6-8H,4-5,9H2,1-3H3. The number of oxazole rings is 1. The second kappa shape index (κ2) is 6.55. The first kappa shape index (κ1) is 17.2. The van der Waals surface area contributed by atoms with E-state index in [1.54, 1.807) is 13.8 Å². The number of carbonyl (C=O) groups is 1. The van der Waals surface area contributed by atoms with Crippen molar-refractivity contribution in [2.75, 3.05) is 20.2 Å². The van der Waals surface area contributed by atoms with E-state index >= 15 is 0 Å². The molecule has 0 atom stereocenters. The van der Waals surface area contributed by atoms with E-state index in [2.05, 4.69) is 4.74 Å². The van der Waals surface area contributed by atoms with Gasteiger partial charge in [-0.1, -0.05) is 13.8 Å². The minimum atomic E-state index is -3.65. The van der Waals surface area contributed by atoms with Gasteiger partial charge >= 0.3 is 11.7 Å². The fourth-order valence-corrected chi connectivity index (χ4v) is 3.74. The third-order valence-corrected chi connectivity index (χ3v) is 5.54. The molecule has 2 rings (SSSR count). The number of hydrogen-bond donors (Lipinski definition) is 0. The zero-order valence-corrected chi connectivity index (χ0v) is 13.9. The lowest BCUT2D eigenvalue weighted by Crippen LogP contribution is -2.30. The minimum absolute atomic E-state index is 0.0349. The molecule has 0 N–H and O–H groups in total. The van der Waals surface area contributed by atoms with E-state index in [1.807, 2.05) is 0 Å². The van der Waals surface area contributed by atoms with E-state index < -0.39 is 21.7 Å². The number of benzene rings is 1. The molecule has 0 amide bonds. The maximum atomic E-state index is 12.5. The van der Waals surface area contributed by atoms with Gasteiger partial charge in [0.1, 0.15) is 6.54 Å². The SMILES string of the molecule is CCN(CC)S(=O)(=O)c1ccc2c(c1)oc(=O)n2CC(=O)OC. The first-order valence-electron chi connectivity index (χ1n) is 7.05. The van der Waals surface area contributed by atoms with Gasteiger partial charge in [0.15, 0.2) is 5.58 Å². The zero-order chi connectivity index (χ0) is 17.2. The predicted molar refractivity (Wildman–Crippen MR) is 82.6 cm³/mol. The second-order valence-electron chi connectivity index (χ2n) is 4.75. The molecule has 8 nitrogen and oxygen atoms in total. The lowest BCUT2D eigenvalue weighted by Gasteiger charge is -2.18. The van der Waals surface area contributed by atoms with Crippen LogP contribution in [0.15, 0.2) is 32.3 Å². The molecule has 0 saturated heterocycles. The first-order valence-corrected chi connectivity index (χ1v) is 8.49. The van der Waals surface area contributed by atoms with Crippen molar-refractivity contribution in [3.05, 3.63) is 28.7 Å². The van der Waals surface area contributed by atoms with E-state index in [9.17, 15) is 18.0 Å². The Hall–Kier alpha value is -2.13. The van der Waals surface area contributed by atoms with Gasteiger partial charge in [-0.2, -0.15) is 4.31 Å². The van der Waals surface area contributed by atoms with Crippen LogP contribution in [0.1, 0.15) is 13.8 Å². The molecule has 0 saturated carbocycles. The molecule has 0 aliphatic heterocycles. The normalized spacial score (nSPS) is 12.0. The second-order valence-corrected chi connectivity index (χ2v) is 6.69. The maximum absolute atomic E-state index is 12.5. The Morgan fingerprint density at radius 2 is 1.96 bits per heavy atom. The smallest absolute Gasteiger partial charge is 0.420 e. The number of esters is 1. The Morgan fingerprint density at radius 1 is 1.30 bits per heavy atom. The van der Waals surface area contributed by atoms with Crippen LogP contribution in [0.3, 0.4) is 0 Å². The first-order chi connectivity index (χ1) is 10.8. The van der Waals surface area contributed by atoms with E-state index in [1.165, 1.54) is 29.6 Å². The summed E-state index contributed by atoms with van der Waals surface area (Å²) in [6.07, 6.45) is 0. The molecule has 0 spiro atoms. The number of hydrogen-bond acceptors (Lipinski definition) is 6. The molecule has 1 heterocycles. The summed E-state index contributed by atoms with van der Waals surface area (Å²) in [5.74, 6) is -1.35. The number of ether oxygens (including phenoxy) is 1. The van der Waals surface area contributed by atoms with Crippen molar-refractivity contribution in [3.8, 4) is 0 Å². The topological polar surface area (TPSA) is 98.8 Å². The molecule has 0 radical (unpaired) electrons. The van der Waals surface area contributed by atoms with Crippen molar-refractivity contribution in [1.82, 2.24) is 8.87 Å². The number of nitrogens with zero attached hydrogens (tertiary/aromatic N) is 2. The van der Waals surface area contributed by atoms with E-state index in [0.717, 1.165) is 4.57 Å². The summed E-state index contributed by atoms with van der Waals surface area (Å²) in [5.41, 5.74) is 0.436. The van der Waals surface area contributed by atoms with Crippen LogP contribution >= 0.6 is 0 Å². The number of aromatic nitrogens is 1. The van der Waals surface area contributed by atoms with Gasteiger partial charge < -0.3 is 9.15 Å².